The smallest absolute Gasteiger partial charge is 0.167 e. The van der Waals surface area contributed by atoms with Gasteiger partial charge in [0.2, 0.25) is 0 Å². The molecule has 0 amide bonds. The first kappa shape index (κ1) is 22.0. The molecule has 0 spiro atoms. The summed E-state index contributed by atoms with van der Waals surface area (Å²) < 4.78 is 24.1. The third-order valence-corrected chi connectivity index (χ3v) is 7.69. The van der Waals surface area contributed by atoms with Gasteiger partial charge < -0.3 is 0 Å². The molecule has 4 heteroatoms. The Morgan fingerprint density at radius 2 is 1.33 bits per heavy atom. The van der Waals surface area contributed by atoms with Gasteiger partial charge in [0.15, 0.2) is 15.6 Å². The summed E-state index contributed by atoms with van der Waals surface area (Å²) in [4.78, 5) is 12.6. The monoisotopic (exact) mass is 420 g/mol. The number of Topliss-reactive ketones (excluding diaryl/α,β-unsaturated/α-hetero) is 1. The van der Waals surface area contributed by atoms with Crippen molar-refractivity contribution in [2.45, 2.75) is 45.1 Å². The zero-order chi connectivity index (χ0) is 21.9. The third-order valence-electron chi connectivity index (χ3n) is 5.52. The molecule has 156 valence electrons. The van der Waals surface area contributed by atoms with E-state index >= 15 is 0 Å². The molecule has 3 aromatic carbocycles. The van der Waals surface area contributed by atoms with Gasteiger partial charge in [0.05, 0.1) is 11.0 Å². The number of rotatable bonds is 7. The fourth-order valence-electron chi connectivity index (χ4n) is 3.21. The molecule has 30 heavy (non-hydrogen) atoms. The lowest BCUT2D eigenvalue weighted by molar-refractivity contribution is 0.0993. The molecule has 0 unspecified atom stereocenters. The fourth-order valence-corrected chi connectivity index (χ4v) is 4.20. The Labute approximate surface area is 179 Å². The van der Waals surface area contributed by atoms with Crippen molar-refractivity contribution in [1.82, 2.24) is 0 Å². The van der Waals surface area contributed by atoms with Gasteiger partial charge in [0.1, 0.15) is 0 Å². The first-order valence-corrected chi connectivity index (χ1v) is 11.9. The van der Waals surface area contributed by atoms with Gasteiger partial charge in [-0.15, -0.1) is 0 Å². The van der Waals surface area contributed by atoms with Crippen LogP contribution in [0.1, 0.15) is 46.5 Å². The van der Waals surface area contributed by atoms with Crippen molar-refractivity contribution in [3.05, 3.63) is 94.5 Å². The van der Waals surface area contributed by atoms with E-state index in [-0.39, 0.29) is 11.5 Å². The minimum atomic E-state index is -3.15. The second kappa shape index (κ2) is 8.97. The Hall–Kier alpha value is -2.72. The molecule has 0 aliphatic heterocycles. The number of benzene rings is 3. The first-order valence-electron chi connectivity index (χ1n) is 10.2. The van der Waals surface area contributed by atoms with E-state index in [1.165, 1.54) is 16.7 Å². The van der Waals surface area contributed by atoms with E-state index in [4.69, 9.17) is 0 Å². The number of aryl methyl sites for hydroxylation is 2. The van der Waals surface area contributed by atoms with Crippen molar-refractivity contribution >= 4 is 15.6 Å². The van der Waals surface area contributed by atoms with Gasteiger partial charge >= 0.3 is 0 Å². The van der Waals surface area contributed by atoms with E-state index in [0.717, 1.165) is 11.1 Å². The Bertz CT molecular complexity index is 1140. The van der Waals surface area contributed by atoms with Crippen LogP contribution in [0, 0.1) is 13.8 Å². The van der Waals surface area contributed by atoms with E-state index in [2.05, 4.69) is 32.0 Å². The highest BCUT2D eigenvalue weighted by atomic mass is 32.2. The van der Waals surface area contributed by atoms with Crippen LogP contribution in [-0.4, -0.2) is 19.5 Å². The van der Waals surface area contributed by atoms with Gasteiger partial charge in [-0.25, -0.2) is 8.42 Å². The molecule has 0 atom stereocenters. The van der Waals surface area contributed by atoms with Crippen LogP contribution < -0.4 is 0 Å². The van der Waals surface area contributed by atoms with Crippen molar-refractivity contribution in [2.75, 3.05) is 0 Å². The van der Waals surface area contributed by atoms with E-state index in [0.29, 0.717) is 17.5 Å². The predicted octanol–water partition coefficient (Wildman–Crippen LogP) is 5.72. The average molecular weight is 421 g/mol. The normalized spacial score (nSPS) is 11.6. The summed E-state index contributed by atoms with van der Waals surface area (Å²) in [7, 11) is -3.15. The van der Waals surface area contributed by atoms with Gasteiger partial charge in [0.25, 0.3) is 0 Å². The summed E-state index contributed by atoms with van der Waals surface area (Å²) in [5, 5.41) is -0.411. The largest absolute Gasteiger partial charge is 0.294 e. The lowest BCUT2D eigenvalue weighted by Crippen LogP contribution is -2.16. The highest BCUT2D eigenvalue weighted by Crippen LogP contribution is 2.23. The summed E-state index contributed by atoms with van der Waals surface area (Å²) in [6.07, 6.45) is 0.316. The molecule has 0 heterocycles. The number of carbonyl (C=O) groups excluding carboxylic acids is 1. The van der Waals surface area contributed by atoms with Crippen LogP contribution in [0.3, 0.4) is 0 Å². The molecule has 0 fully saturated rings. The van der Waals surface area contributed by atoms with Crippen LogP contribution in [0.2, 0.25) is 0 Å². The molecule has 0 aliphatic rings. The van der Waals surface area contributed by atoms with Gasteiger partial charge in [-0.05, 0) is 61.1 Å². The summed E-state index contributed by atoms with van der Waals surface area (Å²) in [5.41, 5.74) is 7.09. The molecular weight excluding hydrogens is 392 g/mol. The highest BCUT2D eigenvalue weighted by molar-refractivity contribution is 7.91. The molecule has 3 nitrogen and oxygen atoms in total. The molecule has 0 bridgehead atoms. The van der Waals surface area contributed by atoms with E-state index < -0.39 is 15.1 Å². The minimum absolute atomic E-state index is 0.000909. The standard InChI is InChI=1S/C26H28O3S/c1-18(2)30(28,29)17-22-8-13-24(14-9-22)26(27)16-21-6-11-23(12-7-21)25-10-5-19(3)20(4)15-25/h5-15,18H,16-17H2,1-4H3. The Balaban J connectivity index is 1.68. The second-order valence-electron chi connectivity index (χ2n) is 8.15. The van der Waals surface area contributed by atoms with Gasteiger partial charge in [-0.2, -0.15) is 0 Å². The van der Waals surface area contributed by atoms with Crippen molar-refractivity contribution in [1.29, 1.82) is 0 Å². The summed E-state index contributed by atoms with van der Waals surface area (Å²) in [6, 6.07) is 21.4. The number of hydrogen-bond acceptors (Lipinski definition) is 3. The third kappa shape index (κ3) is 5.25. The maximum absolute atomic E-state index is 12.6. The Morgan fingerprint density at radius 1 is 0.767 bits per heavy atom. The maximum atomic E-state index is 12.6. The molecule has 0 radical (unpaired) electrons. The van der Waals surface area contributed by atoms with Gasteiger partial charge in [-0.1, -0.05) is 66.7 Å². The van der Waals surface area contributed by atoms with Crippen LogP contribution in [0.5, 0.6) is 0 Å². The van der Waals surface area contributed by atoms with Crippen molar-refractivity contribution in [3.63, 3.8) is 0 Å². The minimum Gasteiger partial charge on any atom is -0.294 e. The van der Waals surface area contributed by atoms with Crippen LogP contribution in [0.25, 0.3) is 11.1 Å². The number of carbonyl (C=O) groups is 1. The molecule has 0 aromatic heterocycles. The number of sulfone groups is 1. The van der Waals surface area contributed by atoms with Crippen molar-refractivity contribution in [2.24, 2.45) is 0 Å². The zero-order valence-corrected chi connectivity index (χ0v) is 18.8. The average Bonchev–Trinajstić information content (AvgIpc) is 2.71. The summed E-state index contributed by atoms with van der Waals surface area (Å²) in [5.74, 6) is 0.0196. The molecular formula is C26H28O3S. The van der Waals surface area contributed by atoms with Crippen molar-refractivity contribution in [3.8, 4) is 11.1 Å². The van der Waals surface area contributed by atoms with Gasteiger partial charge in [0, 0.05) is 12.0 Å². The molecule has 0 N–H and O–H groups in total. The highest BCUT2D eigenvalue weighted by Gasteiger charge is 2.17. The first-order chi connectivity index (χ1) is 14.2. The topological polar surface area (TPSA) is 51.2 Å². The van der Waals surface area contributed by atoms with Gasteiger partial charge in [-0.3, -0.25) is 4.79 Å². The lowest BCUT2D eigenvalue weighted by atomic mass is 9.97. The molecule has 0 saturated heterocycles. The molecule has 0 aliphatic carbocycles. The van der Waals surface area contributed by atoms with Crippen molar-refractivity contribution < 1.29 is 13.2 Å². The van der Waals surface area contributed by atoms with E-state index in [9.17, 15) is 13.2 Å². The van der Waals surface area contributed by atoms with Crippen LogP contribution >= 0.6 is 0 Å². The fraction of sp³-hybridized carbons (Fsp3) is 0.269. The molecule has 3 rings (SSSR count). The Morgan fingerprint density at radius 3 is 1.90 bits per heavy atom. The maximum Gasteiger partial charge on any atom is 0.167 e. The number of ketones is 1. The molecule has 0 saturated carbocycles. The van der Waals surface area contributed by atoms with Crippen LogP contribution in [0.4, 0.5) is 0 Å². The Kier molecular flexibility index (Phi) is 6.57. The predicted molar refractivity (Wildman–Crippen MR) is 124 cm³/mol. The zero-order valence-electron chi connectivity index (χ0n) is 18.0. The number of hydrogen-bond donors (Lipinski definition) is 0. The van der Waals surface area contributed by atoms with E-state index in [1.54, 1.807) is 38.1 Å². The summed E-state index contributed by atoms with van der Waals surface area (Å²) in [6.45, 7) is 7.57. The molecule has 3 aromatic rings. The lowest BCUT2D eigenvalue weighted by Gasteiger charge is -2.09. The van der Waals surface area contributed by atoms with E-state index in [1.807, 2.05) is 24.3 Å². The second-order valence-corrected chi connectivity index (χ2v) is 10.7. The van der Waals surface area contributed by atoms with Crippen LogP contribution in [0.15, 0.2) is 66.7 Å². The quantitative estimate of drug-likeness (QED) is 0.459. The SMILES string of the molecule is Cc1ccc(-c2ccc(CC(=O)c3ccc(CS(=O)(=O)C(C)C)cc3)cc2)cc1C. The van der Waals surface area contributed by atoms with Crippen LogP contribution in [-0.2, 0) is 22.0 Å². The summed E-state index contributed by atoms with van der Waals surface area (Å²) >= 11 is 0.